The first-order valence-corrected chi connectivity index (χ1v) is 12.0. The number of ether oxygens (including phenoxy) is 2. The smallest absolute Gasteiger partial charge is 0.417 e. The monoisotopic (exact) mass is 570 g/mol. The van der Waals surface area contributed by atoms with Gasteiger partial charge in [-0.15, -0.1) is 0 Å². The van der Waals surface area contributed by atoms with Crippen molar-refractivity contribution in [3.8, 4) is 17.6 Å². The van der Waals surface area contributed by atoms with Crippen molar-refractivity contribution in [2.45, 2.75) is 18.6 Å². The van der Waals surface area contributed by atoms with E-state index in [4.69, 9.17) is 9.47 Å². The molecule has 1 amide bonds. The summed E-state index contributed by atoms with van der Waals surface area (Å²) in [7, 11) is 2.68. The van der Waals surface area contributed by atoms with Crippen molar-refractivity contribution in [1.82, 2.24) is 24.1 Å². The van der Waals surface area contributed by atoms with Crippen molar-refractivity contribution in [2.75, 3.05) is 23.4 Å². The first-order chi connectivity index (χ1) is 19.5. The third-order valence-electron chi connectivity index (χ3n) is 6.40. The van der Waals surface area contributed by atoms with Crippen LogP contribution in [0.4, 0.5) is 35.4 Å². The van der Waals surface area contributed by atoms with E-state index in [1.807, 2.05) is 6.07 Å². The molecule has 16 heteroatoms. The van der Waals surface area contributed by atoms with Gasteiger partial charge >= 0.3 is 12.3 Å². The minimum atomic E-state index is -4.69. The molecule has 5 heterocycles. The van der Waals surface area contributed by atoms with Crippen LogP contribution in [0, 0.1) is 11.3 Å². The molecule has 0 spiro atoms. The molecule has 0 radical (unpaired) electrons. The maximum absolute atomic E-state index is 13.3. The number of nitriles is 1. The predicted octanol–water partition coefficient (Wildman–Crippen LogP) is 3.76. The molecule has 4 aromatic rings. The van der Waals surface area contributed by atoms with Crippen LogP contribution in [0.3, 0.4) is 0 Å². The lowest BCUT2D eigenvalue weighted by Gasteiger charge is -2.24. The van der Waals surface area contributed by atoms with E-state index in [2.05, 4.69) is 20.3 Å². The van der Waals surface area contributed by atoms with E-state index in [0.717, 1.165) is 9.47 Å². The van der Waals surface area contributed by atoms with E-state index in [0.29, 0.717) is 25.3 Å². The number of hydrogen-bond donors (Lipinski definition) is 2. The first-order valence-electron chi connectivity index (χ1n) is 12.0. The van der Waals surface area contributed by atoms with Gasteiger partial charge in [-0.3, -0.25) is 9.69 Å². The summed E-state index contributed by atoms with van der Waals surface area (Å²) in [6, 6.07) is 5.15. The standard InChI is InChI=1S/C25H21F3N8O5/c1-34-11-13(25(26,27)28)7-17(22(34)37)32-23-33-21-20(35(23)2)16(9-29)18(10-31-21)41-15-3-5-30-19(8-15)36(24(38)39)14-4-6-40-12-14/h3,5,7-8,10-11,14H,4,6,12H2,1-2H3,(H,38,39)(H,31,32,33). The molecule has 1 saturated heterocycles. The molecule has 2 N–H and O–H groups in total. The minimum absolute atomic E-state index is 0.00681. The van der Waals surface area contributed by atoms with Gasteiger partial charge in [-0.2, -0.15) is 23.4 Å². The van der Waals surface area contributed by atoms with Crippen LogP contribution in [0.25, 0.3) is 11.2 Å². The van der Waals surface area contributed by atoms with Gasteiger partial charge in [-0.05, 0) is 18.6 Å². The molecule has 212 valence electrons. The van der Waals surface area contributed by atoms with Crippen LogP contribution >= 0.6 is 0 Å². The lowest BCUT2D eigenvalue weighted by Crippen LogP contribution is -2.40. The molecule has 1 unspecified atom stereocenters. The molecule has 4 aromatic heterocycles. The Kier molecular flexibility index (Phi) is 6.97. The second kappa shape index (κ2) is 10.4. The van der Waals surface area contributed by atoms with Gasteiger partial charge in [0.2, 0.25) is 5.95 Å². The van der Waals surface area contributed by atoms with Crippen molar-refractivity contribution in [2.24, 2.45) is 14.1 Å². The minimum Gasteiger partial charge on any atom is -0.465 e. The van der Waals surface area contributed by atoms with Crippen molar-refractivity contribution in [1.29, 1.82) is 5.26 Å². The second-order valence-corrected chi connectivity index (χ2v) is 9.08. The van der Waals surface area contributed by atoms with Crippen molar-refractivity contribution in [3.63, 3.8) is 0 Å². The highest BCUT2D eigenvalue weighted by atomic mass is 19.4. The van der Waals surface area contributed by atoms with Gasteiger partial charge in [0.15, 0.2) is 11.4 Å². The average Bonchev–Trinajstić information content (AvgIpc) is 3.55. The Labute approximate surface area is 229 Å². The summed E-state index contributed by atoms with van der Waals surface area (Å²) < 4.78 is 53.3. The average molecular weight is 570 g/mol. The van der Waals surface area contributed by atoms with Gasteiger partial charge in [0.25, 0.3) is 5.56 Å². The molecule has 0 saturated carbocycles. The highest BCUT2D eigenvalue weighted by Gasteiger charge is 2.32. The number of alkyl halides is 3. The maximum atomic E-state index is 13.3. The van der Waals surface area contributed by atoms with E-state index in [-0.39, 0.29) is 52.3 Å². The summed E-state index contributed by atoms with van der Waals surface area (Å²) in [6.45, 7) is 0.646. The highest BCUT2D eigenvalue weighted by Crippen LogP contribution is 2.34. The van der Waals surface area contributed by atoms with Gasteiger partial charge in [0.1, 0.15) is 34.4 Å². The molecule has 13 nitrogen and oxygen atoms in total. The molecular weight excluding hydrogens is 549 g/mol. The zero-order valence-corrected chi connectivity index (χ0v) is 21.5. The Balaban J connectivity index is 1.50. The van der Waals surface area contributed by atoms with Gasteiger partial charge in [-0.25, -0.2) is 14.8 Å². The summed E-state index contributed by atoms with van der Waals surface area (Å²) >= 11 is 0. The molecule has 1 aliphatic rings. The fourth-order valence-electron chi connectivity index (χ4n) is 4.42. The normalized spacial score (nSPS) is 15.1. The fourth-order valence-corrected chi connectivity index (χ4v) is 4.42. The van der Waals surface area contributed by atoms with Crippen molar-refractivity contribution in [3.05, 3.63) is 58.3 Å². The first kappa shape index (κ1) is 27.4. The zero-order chi connectivity index (χ0) is 29.5. The largest absolute Gasteiger partial charge is 0.465 e. The SMILES string of the molecule is Cn1cc(C(F)(F)F)cc(Nc2nc3ncc(Oc4ccnc(N(C(=O)O)C5CCOC5)c4)c(C#N)c3n2C)c1=O. The summed E-state index contributed by atoms with van der Waals surface area (Å²) in [4.78, 5) is 38.1. The number of carbonyl (C=O) groups is 1. The molecular formula is C25H21F3N8O5. The predicted molar refractivity (Wildman–Crippen MR) is 137 cm³/mol. The number of nitrogens with one attached hydrogen (secondary N) is 1. The Morgan fingerprint density at radius 1 is 1.32 bits per heavy atom. The van der Waals surface area contributed by atoms with Crippen molar-refractivity contribution >= 4 is 34.7 Å². The third kappa shape index (κ3) is 5.22. The number of halogens is 3. The van der Waals surface area contributed by atoms with Crippen LogP contribution in [-0.2, 0) is 25.0 Å². The Morgan fingerprint density at radius 3 is 2.76 bits per heavy atom. The molecule has 0 aliphatic carbocycles. The number of fused-ring (bicyclic) bond motifs is 1. The van der Waals surface area contributed by atoms with Crippen LogP contribution in [0.1, 0.15) is 17.5 Å². The molecule has 0 bridgehead atoms. The van der Waals surface area contributed by atoms with E-state index in [9.17, 15) is 33.1 Å². The van der Waals surface area contributed by atoms with Crippen LogP contribution < -0.4 is 20.5 Å². The third-order valence-corrected chi connectivity index (χ3v) is 6.40. The Morgan fingerprint density at radius 2 is 2.10 bits per heavy atom. The number of aromatic nitrogens is 5. The molecule has 5 rings (SSSR count). The number of rotatable bonds is 6. The van der Waals surface area contributed by atoms with Crippen LogP contribution in [0.2, 0.25) is 0 Å². The van der Waals surface area contributed by atoms with E-state index < -0.39 is 29.4 Å². The van der Waals surface area contributed by atoms with Gasteiger partial charge in [0, 0.05) is 39.2 Å². The highest BCUT2D eigenvalue weighted by molar-refractivity contribution is 5.86. The van der Waals surface area contributed by atoms with Crippen LogP contribution in [-0.4, -0.2) is 54.5 Å². The fraction of sp³-hybridized carbons (Fsp3) is 0.280. The number of nitrogens with zero attached hydrogens (tertiary/aromatic N) is 7. The Bertz CT molecular complexity index is 1760. The lowest BCUT2D eigenvalue weighted by molar-refractivity contribution is -0.138. The number of hydrogen-bond acceptors (Lipinski definition) is 9. The van der Waals surface area contributed by atoms with Crippen LogP contribution in [0.15, 0.2) is 41.6 Å². The van der Waals surface area contributed by atoms with E-state index in [1.54, 1.807) is 0 Å². The number of carboxylic acid groups (broad SMARTS) is 1. The quantitative estimate of drug-likeness (QED) is 0.349. The number of aryl methyl sites for hydroxylation is 2. The summed E-state index contributed by atoms with van der Waals surface area (Å²) in [5.41, 5.74) is -1.90. The molecule has 1 aliphatic heterocycles. The van der Waals surface area contributed by atoms with Gasteiger partial charge < -0.3 is 29.0 Å². The van der Waals surface area contributed by atoms with E-state index >= 15 is 0 Å². The number of imidazole rings is 1. The topological polar surface area (TPSA) is 160 Å². The Hall–Kier alpha value is -5.17. The summed E-state index contributed by atoms with van der Waals surface area (Å²) in [5.74, 6) is 0.242. The van der Waals surface area contributed by atoms with Crippen molar-refractivity contribution < 1.29 is 32.5 Å². The second-order valence-electron chi connectivity index (χ2n) is 9.08. The molecule has 1 fully saturated rings. The van der Waals surface area contributed by atoms with Gasteiger partial charge in [0.05, 0.1) is 24.4 Å². The maximum Gasteiger partial charge on any atom is 0.417 e. The summed E-state index contributed by atoms with van der Waals surface area (Å²) in [5, 5.41) is 22.3. The van der Waals surface area contributed by atoms with E-state index in [1.165, 1.54) is 43.2 Å². The zero-order valence-electron chi connectivity index (χ0n) is 21.5. The number of anilines is 3. The molecule has 0 aromatic carbocycles. The van der Waals surface area contributed by atoms with Crippen LogP contribution in [0.5, 0.6) is 11.5 Å². The number of amides is 1. The number of pyridine rings is 3. The molecule has 1 atom stereocenters. The summed E-state index contributed by atoms with van der Waals surface area (Å²) in [6.07, 6.45) is -2.12. The van der Waals surface area contributed by atoms with Gasteiger partial charge in [-0.1, -0.05) is 0 Å². The molecule has 41 heavy (non-hydrogen) atoms. The lowest BCUT2D eigenvalue weighted by atomic mass is 10.2.